The van der Waals surface area contributed by atoms with Gasteiger partial charge in [0.15, 0.2) is 0 Å². The van der Waals surface area contributed by atoms with Crippen molar-refractivity contribution in [3.63, 3.8) is 0 Å². The molecule has 0 aliphatic carbocycles. The van der Waals surface area contributed by atoms with Gasteiger partial charge in [-0.15, -0.1) is 11.6 Å². The summed E-state index contributed by atoms with van der Waals surface area (Å²) in [6, 6.07) is 7.53. The van der Waals surface area contributed by atoms with Gasteiger partial charge in [-0.3, -0.25) is 9.59 Å². The maximum Gasteiger partial charge on any atom is 0.237 e. The van der Waals surface area contributed by atoms with Crippen molar-refractivity contribution in [3.8, 4) is 0 Å². The van der Waals surface area contributed by atoms with Crippen LogP contribution in [0.25, 0.3) is 0 Å². The average molecular weight is 298 g/mol. The van der Waals surface area contributed by atoms with Crippen LogP contribution in [0.5, 0.6) is 0 Å². The third kappa shape index (κ3) is 5.48. The number of carbonyl (C=O) groups is 2. The van der Waals surface area contributed by atoms with Gasteiger partial charge in [-0.1, -0.05) is 0 Å². The molecule has 0 radical (unpaired) electrons. The summed E-state index contributed by atoms with van der Waals surface area (Å²) in [5.74, 6) is -0.417. The van der Waals surface area contributed by atoms with Crippen molar-refractivity contribution in [1.29, 1.82) is 0 Å². The summed E-state index contributed by atoms with van der Waals surface area (Å²) in [6.07, 6.45) is 0.213. The lowest BCUT2D eigenvalue weighted by Crippen LogP contribution is -2.32. The quantitative estimate of drug-likeness (QED) is 0.788. The van der Waals surface area contributed by atoms with Crippen molar-refractivity contribution in [1.82, 2.24) is 5.32 Å². The average Bonchev–Trinajstić information content (AvgIpc) is 2.39. The van der Waals surface area contributed by atoms with E-state index in [1.54, 1.807) is 6.92 Å². The number of anilines is 2. The Kier molecular flexibility index (Phi) is 6.31. The molecule has 20 heavy (non-hydrogen) atoms. The third-order valence-electron chi connectivity index (χ3n) is 2.68. The van der Waals surface area contributed by atoms with Crippen molar-refractivity contribution in [2.45, 2.75) is 18.7 Å². The van der Waals surface area contributed by atoms with Gasteiger partial charge in [0.05, 0.1) is 0 Å². The van der Waals surface area contributed by atoms with Gasteiger partial charge in [0.25, 0.3) is 0 Å². The molecule has 110 valence electrons. The Balaban J connectivity index is 2.37. The van der Waals surface area contributed by atoms with Gasteiger partial charge in [0.1, 0.15) is 5.38 Å². The highest BCUT2D eigenvalue weighted by Crippen LogP contribution is 2.15. The number of benzene rings is 1. The molecule has 2 amide bonds. The van der Waals surface area contributed by atoms with E-state index in [1.165, 1.54) is 0 Å². The van der Waals surface area contributed by atoms with Crippen LogP contribution >= 0.6 is 11.6 Å². The molecule has 0 unspecified atom stereocenters. The SMILES string of the molecule is C[C@H](Cl)C(=O)NCCC(=O)Nc1ccc(N(C)C)cc1. The van der Waals surface area contributed by atoms with Crippen LogP contribution in [0, 0.1) is 0 Å². The first kappa shape index (κ1) is 16.3. The Labute approximate surface area is 124 Å². The second kappa shape index (κ2) is 7.75. The second-order valence-corrected chi connectivity index (χ2v) is 5.30. The van der Waals surface area contributed by atoms with E-state index in [0.29, 0.717) is 0 Å². The molecule has 0 saturated heterocycles. The van der Waals surface area contributed by atoms with Crippen LogP contribution in [0.15, 0.2) is 24.3 Å². The molecule has 5 nitrogen and oxygen atoms in total. The van der Waals surface area contributed by atoms with E-state index in [0.717, 1.165) is 11.4 Å². The molecule has 1 aromatic carbocycles. The molecule has 0 bridgehead atoms. The molecular weight excluding hydrogens is 278 g/mol. The maximum absolute atomic E-state index is 11.7. The number of rotatable bonds is 6. The summed E-state index contributed by atoms with van der Waals surface area (Å²) in [5.41, 5.74) is 1.80. The number of nitrogens with zero attached hydrogens (tertiary/aromatic N) is 1. The van der Waals surface area contributed by atoms with Crippen molar-refractivity contribution >= 4 is 34.8 Å². The first-order chi connectivity index (χ1) is 9.40. The number of alkyl halides is 1. The monoisotopic (exact) mass is 297 g/mol. The summed E-state index contributed by atoms with van der Waals surface area (Å²) in [5, 5.41) is 4.77. The zero-order chi connectivity index (χ0) is 15.1. The van der Waals surface area contributed by atoms with Crippen molar-refractivity contribution in [3.05, 3.63) is 24.3 Å². The fourth-order valence-corrected chi connectivity index (χ4v) is 1.58. The second-order valence-electron chi connectivity index (χ2n) is 4.65. The molecule has 0 fully saturated rings. The summed E-state index contributed by atoms with van der Waals surface area (Å²) in [7, 11) is 3.91. The molecule has 1 rings (SSSR count). The van der Waals surface area contributed by atoms with Crippen molar-refractivity contribution in [2.24, 2.45) is 0 Å². The van der Waals surface area contributed by atoms with Crippen LogP contribution in [0.4, 0.5) is 11.4 Å². The smallest absolute Gasteiger partial charge is 0.237 e. The fraction of sp³-hybridized carbons (Fsp3) is 0.429. The van der Waals surface area contributed by atoms with Gasteiger partial charge in [-0.2, -0.15) is 0 Å². The summed E-state index contributed by atoms with van der Waals surface area (Å²) >= 11 is 5.60. The Bertz CT molecular complexity index is 458. The molecule has 0 aliphatic heterocycles. The van der Waals surface area contributed by atoms with Gasteiger partial charge < -0.3 is 15.5 Å². The lowest BCUT2D eigenvalue weighted by atomic mass is 10.2. The Morgan fingerprint density at radius 3 is 2.35 bits per heavy atom. The highest BCUT2D eigenvalue weighted by molar-refractivity contribution is 6.30. The lowest BCUT2D eigenvalue weighted by molar-refractivity contribution is -0.120. The summed E-state index contributed by atoms with van der Waals surface area (Å²) in [6.45, 7) is 1.86. The minimum atomic E-state index is -0.586. The first-order valence-electron chi connectivity index (χ1n) is 6.39. The van der Waals surface area contributed by atoms with E-state index >= 15 is 0 Å². The maximum atomic E-state index is 11.7. The number of halogens is 1. The highest BCUT2D eigenvalue weighted by atomic mass is 35.5. The summed E-state index contributed by atoms with van der Waals surface area (Å²) < 4.78 is 0. The Morgan fingerprint density at radius 2 is 1.85 bits per heavy atom. The van der Waals surface area contributed by atoms with Crippen LogP contribution < -0.4 is 15.5 Å². The minimum Gasteiger partial charge on any atom is -0.378 e. The van der Waals surface area contributed by atoms with Gasteiger partial charge >= 0.3 is 0 Å². The van der Waals surface area contributed by atoms with Crippen molar-refractivity contribution < 1.29 is 9.59 Å². The predicted octanol–water partition coefficient (Wildman–Crippen LogP) is 1.82. The minimum absolute atomic E-state index is 0.148. The molecule has 0 aromatic heterocycles. The van der Waals surface area contributed by atoms with Crippen LogP contribution in [-0.4, -0.2) is 37.8 Å². The molecule has 0 spiro atoms. The fourth-order valence-electron chi connectivity index (χ4n) is 1.51. The predicted molar refractivity (Wildman–Crippen MR) is 82.3 cm³/mol. The van der Waals surface area contributed by atoms with Crippen LogP contribution in [0.3, 0.4) is 0 Å². The first-order valence-corrected chi connectivity index (χ1v) is 6.83. The molecule has 0 aliphatic rings. The Hall–Kier alpha value is -1.75. The van der Waals surface area contributed by atoms with Crippen LogP contribution in [0.1, 0.15) is 13.3 Å². The van der Waals surface area contributed by atoms with E-state index in [4.69, 9.17) is 11.6 Å². The van der Waals surface area contributed by atoms with E-state index in [2.05, 4.69) is 10.6 Å². The van der Waals surface area contributed by atoms with E-state index < -0.39 is 5.38 Å². The number of hydrogen-bond acceptors (Lipinski definition) is 3. The number of hydrogen-bond donors (Lipinski definition) is 2. The standard InChI is InChI=1S/C14H20ClN3O2/c1-10(15)14(20)16-9-8-13(19)17-11-4-6-12(7-5-11)18(2)3/h4-7,10H,8-9H2,1-3H3,(H,16,20)(H,17,19)/t10-/m0/s1. The molecule has 2 N–H and O–H groups in total. The highest BCUT2D eigenvalue weighted by Gasteiger charge is 2.09. The third-order valence-corrected chi connectivity index (χ3v) is 2.88. The topological polar surface area (TPSA) is 61.4 Å². The van der Waals surface area contributed by atoms with E-state index in [9.17, 15) is 9.59 Å². The van der Waals surface area contributed by atoms with E-state index in [1.807, 2.05) is 43.3 Å². The summed E-state index contributed by atoms with van der Waals surface area (Å²) in [4.78, 5) is 24.9. The van der Waals surface area contributed by atoms with Gasteiger partial charge in [0, 0.05) is 38.4 Å². The van der Waals surface area contributed by atoms with Crippen molar-refractivity contribution in [2.75, 3.05) is 30.9 Å². The zero-order valence-corrected chi connectivity index (χ0v) is 12.7. The van der Waals surface area contributed by atoms with Gasteiger partial charge in [0.2, 0.25) is 11.8 Å². The molecule has 6 heteroatoms. The number of amides is 2. The van der Waals surface area contributed by atoms with Gasteiger partial charge in [-0.05, 0) is 31.2 Å². The number of carbonyl (C=O) groups excluding carboxylic acids is 2. The molecule has 1 aromatic rings. The normalized spacial score (nSPS) is 11.6. The van der Waals surface area contributed by atoms with Gasteiger partial charge in [-0.25, -0.2) is 0 Å². The molecule has 0 heterocycles. The van der Waals surface area contributed by atoms with Crippen LogP contribution in [-0.2, 0) is 9.59 Å². The molecule has 1 atom stereocenters. The lowest BCUT2D eigenvalue weighted by Gasteiger charge is -2.13. The molecule has 0 saturated carbocycles. The molecular formula is C14H20ClN3O2. The number of nitrogens with one attached hydrogen (secondary N) is 2. The largest absolute Gasteiger partial charge is 0.378 e. The Morgan fingerprint density at radius 1 is 1.25 bits per heavy atom. The van der Waals surface area contributed by atoms with Crippen LogP contribution in [0.2, 0.25) is 0 Å². The van der Waals surface area contributed by atoms with E-state index in [-0.39, 0.29) is 24.8 Å². The zero-order valence-electron chi connectivity index (χ0n) is 11.9.